The van der Waals surface area contributed by atoms with Crippen LogP contribution in [0.3, 0.4) is 0 Å². The van der Waals surface area contributed by atoms with Gasteiger partial charge < -0.3 is 24.3 Å². The van der Waals surface area contributed by atoms with Crippen LogP contribution in [-0.4, -0.2) is 54.4 Å². The number of hydrogen-bond acceptors (Lipinski definition) is 5. The quantitative estimate of drug-likeness (QED) is 0.409. The highest BCUT2D eigenvalue weighted by atomic mass is 19.1. The van der Waals surface area contributed by atoms with Gasteiger partial charge in [0.1, 0.15) is 5.69 Å². The second-order valence-corrected chi connectivity index (χ2v) is 8.33. The van der Waals surface area contributed by atoms with Gasteiger partial charge in [0.25, 0.3) is 0 Å². The maximum absolute atomic E-state index is 15.3. The number of aromatic nitrogens is 1. The molecule has 1 fully saturated rings. The molecule has 1 N–H and O–H groups in total. The predicted octanol–water partition coefficient (Wildman–Crippen LogP) is 5.17. The second kappa shape index (κ2) is 11.3. The summed E-state index contributed by atoms with van der Waals surface area (Å²) < 4.78 is 42.1. The van der Waals surface area contributed by atoms with Gasteiger partial charge in [0.05, 0.1) is 25.2 Å². The van der Waals surface area contributed by atoms with Crippen LogP contribution in [0.2, 0.25) is 0 Å². The van der Waals surface area contributed by atoms with E-state index >= 15 is 4.39 Å². The molecule has 0 aliphatic carbocycles. The summed E-state index contributed by atoms with van der Waals surface area (Å²) in [4.78, 5) is 25.4. The molecule has 0 unspecified atom stereocenters. The number of nitrogens with one attached hydrogen (secondary N) is 1. The first-order valence-electron chi connectivity index (χ1n) is 11.7. The molecule has 1 aliphatic rings. The van der Waals surface area contributed by atoms with Gasteiger partial charge >= 0.3 is 12.1 Å². The number of nitrogens with zero attached hydrogens (tertiary/aromatic N) is 2. The van der Waals surface area contributed by atoms with Crippen LogP contribution in [0.25, 0.3) is 10.9 Å². The zero-order valence-corrected chi connectivity index (χ0v) is 19.6. The molecule has 2 heterocycles. The Balaban J connectivity index is 1.71. The molecule has 1 aromatic heterocycles. The van der Waals surface area contributed by atoms with Crippen LogP contribution in [0.1, 0.15) is 57.6 Å². The molecule has 182 valence electrons. The molecule has 0 saturated carbocycles. The van der Waals surface area contributed by atoms with Crippen molar-refractivity contribution in [1.82, 2.24) is 9.47 Å². The van der Waals surface area contributed by atoms with Crippen LogP contribution in [0.5, 0.6) is 0 Å². The number of piperidine rings is 1. The fourth-order valence-electron chi connectivity index (χ4n) is 4.24. The summed E-state index contributed by atoms with van der Waals surface area (Å²) >= 11 is 0. The maximum atomic E-state index is 15.3. The van der Waals surface area contributed by atoms with E-state index in [1.165, 1.54) is 6.07 Å². The third-order valence-electron chi connectivity index (χ3n) is 5.98. The number of ether oxygens (including phenoxy) is 2. The smallest absolute Gasteiger partial charge is 0.409 e. The Morgan fingerprint density at radius 1 is 1.18 bits per heavy atom. The maximum Gasteiger partial charge on any atom is 0.409 e. The number of likely N-dealkylation sites (tertiary alicyclic amines) is 1. The molecular weight excluding hydrogens is 432 g/mol. The van der Waals surface area contributed by atoms with Crippen molar-refractivity contribution < 1.29 is 27.8 Å². The first-order chi connectivity index (χ1) is 15.9. The van der Waals surface area contributed by atoms with Crippen molar-refractivity contribution in [2.75, 3.05) is 38.2 Å². The number of unbranched alkanes of at least 4 members (excludes halogenated alkanes) is 1. The van der Waals surface area contributed by atoms with Gasteiger partial charge in [0.2, 0.25) is 0 Å². The number of amides is 1. The van der Waals surface area contributed by atoms with E-state index in [-0.39, 0.29) is 37.4 Å². The molecule has 0 spiro atoms. The third-order valence-corrected chi connectivity index (χ3v) is 5.98. The van der Waals surface area contributed by atoms with E-state index in [4.69, 9.17) is 9.47 Å². The van der Waals surface area contributed by atoms with Crippen molar-refractivity contribution >= 4 is 28.7 Å². The van der Waals surface area contributed by atoms with E-state index in [0.717, 1.165) is 12.8 Å². The molecule has 0 radical (unpaired) electrons. The topological polar surface area (TPSA) is 72.8 Å². The summed E-state index contributed by atoms with van der Waals surface area (Å²) in [6, 6.07) is 1.37. The van der Waals surface area contributed by atoms with Crippen molar-refractivity contribution in [3.8, 4) is 0 Å². The lowest BCUT2D eigenvalue weighted by molar-refractivity contribution is -0.142. The number of rotatable bonds is 9. The van der Waals surface area contributed by atoms with Gasteiger partial charge in [-0.1, -0.05) is 13.3 Å². The lowest BCUT2D eigenvalue weighted by atomic mass is 10.0. The number of carbonyl (C=O) groups excluding carboxylic acids is 2. The largest absolute Gasteiger partial charge is 0.466 e. The monoisotopic (exact) mass is 465 g/mol. The van der Waals surface area contributed by atoms with Crippen LogP contribution >= 0.6 is 0 Å². The van der Waals surface area contributed by atoms with Crippen LogP contribution in [0.15, 0.2) is 12.3 Å². The van der Waals surface area contributed by atoms with Gasteiger partial charge in [-0.25, -0.2) is 13.6 Å². The number of anilines is 1. The van der Waals surface area contributed by atoms with E-state index in [2.05, 4.69) is 5.32 Å². The first kappa shape index (κ1) is 24.8. The van der Waals surface area contributed by atoms with E-state index in [9.17, 15) is 14.0 Å². The van der Waals surface area contributed by atoms with Gasteiger partial charge in [-0.2, -0.15) is 0 Å². The van der Waals surface area contributed by atoms with Crippen molar-refractivity contribution in [1.29, 1.82) is 0 Å². The zero-order chi connectivity index (χ0) is 24.0. The number of halogens is 2. The minimum atomic E-state index is -0.708. The van der Waals surface area contributed by atoms with Crippen LogP contribution in [0.4, 0.5) is 19.3 Å². The van der Waals surface area contributed by atoms with Gasteiger partial charge in [0, 0.05) is 43.3 Å². The Bertz CT molecular complexity index is 984. The van der Waals surface area contributed by atoms with E-state index < -0.39 is 17.6 Å². The number of hydrogen-bond donors (Lipinski definition) is 1. The number of esters is 1. The first-order valence-corrected chi connectivity index (χ1v) is 11.7. The van der Waals surface area contributed by atoms with Crippen molar-refractivity contribution in [2.24, 2.45) is 0 Å². The minimum Gasteiger partial charge on any atom is -0.466 e. The minimum absolute atomic E-state index is 0.0181. The number of carbonyl (C=O) groups is 2. The van der Waals surface area contributed by atoms with Crippen molar-refractivity contribution in [3.05, 3.63) is 29.5 Å². The van der Waals surface area contributed by atoms with Crippen LogP contribution < -0.4 is 5.32 Å². The summed E-state index contributed by atoms with van der Waals surface area (Å²) in [5.41, 5.74) is 0.956. The molecule has 2 aromatic rings. The molecule has 1 amide bonds. The summed E-state index contributed by atoms with van der Waals surface area (Å²) in [7, 11) is 0. The molecule has 33 heavy (non-hydrogen) atoms. The molecule has 1 aliphatic heterocycles. The highest BCUT2D eigenvalue weighted by Crippen LogP contribution is 2.35. The third kappa shape index (κ3) is 5.75. The zero-order valence-electron chi connectivity index (χ0n) is 19.6. The van der Waals surface area contributed by atoms with Crippen molar-refractivity contribution in [3.63, 3.8) is 0 Å². The molecular formula is C24H33F2N3O4. The normalized spacial score (nSPS) is 14.5. The van der Waals surface area contributed by atoms with E-state index in [0.29, 0.717) is 49.0 Å². The Hall–Kier alpha value is -2.84. The highest BCUT2D eigenvalue weighted by Gasteiger charge is 2.27. The number of benzene rings is 1. The summed E-state index contributed by atoms with van der Waals surface area (Å²) in [5, 5.41) is 3.06. The van der Waals surface area contributed by atoms with E-state index in [1.54, 1.807) is 18.7 Å². The SMILES string of the molecule is CCCCOC(=O)N1CCC(n2cc(C)c3c(F)c(NCCC(=O)OCC)c(F)cc32)CC1. The molecule has 0 atom stereocenters. The number of aryl methyl sites for hydroxylation is 1. The average Bonchev–Trinajstić information content (AvgIpc) is 3.12. The van der Waals surface area contributed by atoms with Crippen LogP contribution in [0, 0.1) is 18.6 Å². The molecule has 1 saturated heterocycles. The van der Waals surface area contributed by atoms with Gasteiger partial charge in [-0.15, -0.1) is 0 Å². The second-order valence-electron chi connectivity index (χ2n) is 8.33. The highest BCUT2D eigenvalue weighted by molar-refractivity contribution is 5.88. The predicted molar refractivity (Wildman–Crippen MR) is 122 cm³/mol. The Kier molecular flexibility index (Phi) is 8.52. The van der Waals surface area contributed by atoms with Gasteiger partial charge in [-0.3, -0.25) is 4.79 Å². The van der Waals surface area contributed by atoms with E-state index in [1.807, 2.05) is 17.7 Å². The van der Waals surface area contributed by atoms with Crippen LogP contribution in [-0.2, 0) is 14.3 Å². The lowest BCUT2D eigenvalue weighted by Crippen LogP contribution is -2.39. The Morgan fingerprint density at radius 3 is 2.58 bits per heavy atom. The molecule has 9 heteroatoms. The van der Waals surface area contributed by atoms with Crippen molar-refractivity contribution in [2.45, 2.75) is 58.9 Å². The number of fused-ring (bicyclic) bond motifs is 1. The standard InChI is InChI=1S/C24H33F2N3O4/c1-4-6-13-33-24(31)28-11-8-17(9-12-28)29-15-16(3)21-19(29)14-18(25)23(22(21)26)27-10-7-20(30)32-5-2/h14-15,17,27H,4-13H2,1-3H3. The average molecular weight is 466 g/mol. The molecule has 3 rings (SSSR count). The molecule has 0 bridgehead atoms. The fourth-order valence-corrected chi connectivity index (χ4v) is 4.24. The summed E-state index contributed by atoms with van der Waals surface area (Å²) in [6.07, 6.45) is 4.72. The molecule has 7 nitrogen and oxygen atoms in total. The summed E-state index contributed by atoms with van der Waals surface area (Å²) in [6.45, 7) is 7.36. The summed E-state index contributed by atoms with van der Waals surface area (Å²) in [5.74, 6) is -1.79. The fraction of sp³-hybridized carbons (Fsp3) is 0.583. The van der Waals surface area contributed by atoms with Gasteiger partial charge in [0.15, 0.2) is 11.6 Å². The molecule has 1 aromatic carbocycles. The van der Waals surface area contributed by atoms with Gasteiger partial charge in [-0.05, 0) is 38.7 Å². The lowest BCUT2D eigenvalue weighted by Gasteiger charge is -2.32. The Labute approximate surface area is 193 Å². The Morgan fingerprint density at radius 2 is 1.91 bits per heavy atom.